The molecule has 4 aliphatic rings. The van der Waals surface area contributed by atoms with Crippen molar-refractivity contribution in [2.24, 2.45) is 11.8 Å². The molecule has 7 rings (SSSR count). The van der Waals surface area contributed by atoms with Crippen molar-refractivity contribution in [1.82, 2.24) is 25.2 Å². The van der Waals surface area contributed by atoms with E-state index in [-0.39, 0.29) is 29.1 Å². The van der Waals surface area contributed by atoms with Gasteiger partial charge in [0.25, 0.3) is 0 Å². The zero-order valence-electron chi connectivity index (χ0n) is 25.5. The van der Waals surface area contributed by atoms with Gasteiger partial charge in [-0.2, -0.15) is 0 Å². The van der Waals surface area contributed by atoms with Crippen molar-refractivity contribution in [3.63, 3.8) is 0 Å². The van der Waals surface area contributed by atoms with E-state index in [9.17, 15) is 8.42 Å². The minimum Gasteiger partial charge on any atom is -0.497 e. The molecule has 2 bridgehead atoms. The summed E-state index contributed by atoms with van der Waals surface area (Å²) < 4.78 is 35.2. The summed E-state index contributed by atoms with van der Waals surface area (Å²) in [6.45, 7) is 8.11. The van der Waals surface area contributed by atoms with Gasteiger partial charge in [-0.05, 0) is 105 Å². The molecule has 4 fully saturated rings. The number of nitrogens with zero attached hydrogens (tertiary/aromatic N) is 2. The molecule has 1 saturated carbocycles. The van der Waals surface area contributed by atoms with Gasteiger partial charge in [-0.1, -0.05) is 36.6 Å². The Bertz CT molecular complexity index is 1610. The minimum absolute atomic E-state index is 0.0903. The van der Waals surface area contributed by atoms with Crippen molar-refractivity contribution >= 4 is 38.3 Å². The third-order valence-electron chi connectivity index (χ3n) is 9.86. The molecule has 3 aromatic rings. The first kappa shape index (κ1) is 31.0. The summed E-state index contributed by atoms with van der Waals surface area (Å²) in [4.78, 5) is 7.51. The molecule has 0 amide bonds. The van der Waals surface area contributed by atoms with Crippen LogP contribution < -0.4 is 20.1 Å². The van der Waals surface area contributed by atoms with E-state index < -0.39 is 10.0 Å². The van der Waals surface area contributed by atoms with Crippen molar-refractivity contribution in [1.29, 1.82) is 0 Å². The number of sulfonamides is 1. The number of nitrogens with one attached hydrogen (secondary N) is 3. The number of rotatable bonds is 9. The highest BCUT2D eigenvalue weighted by molar-refractivity contribution is 7.89. The molecule has 3 aliphatic heterocycles. The molecule has 44 heavy (non-hydrogen) atoms. The average molecular weight is 634 g/mol. The third-order valence-corrected chi connectivity index (χ3v) is 11.6. The van der Waals surface area contributed by atoms with Crippen LogP contribution in [0.15, 0.2) is 72.3 Å². The topological polar surface area (TPSA) is 95.6 Å². The number of piperidine rings is 3. The maximum Gasteiger partial charge on any atom is 0.240 e. The van der Waals surface area contributed by atoms with Gasteiger partial charge in [0.2, 0.25) is 10.0 Å². The second-order valence-electron chi connectivity index (χ2n) is 12.6. The lowest BCUT2D eigenvalue weighted by Gasteiger charge is -2.52. The highest BCUT2D eigenvalue weighted by atomic mass is 32.2. The fraction of sp³-hybridized carbons (Fsp3) is 0.471. The average Bonchev–Trinajstić information content (AvgIpc) is 3.04. The van der Waals surface area contributed by atoms with Crippen LogP contribution in [0.5, 0.6) is 5.75 Å². The Morgan fingerprint density at radius 1 is 1.11 bits per heavy atom. The van der Waals surface area contributed by atoms with Crippen molar-refractivity contribution < 1.29 is 13.2 Å². The fourth-order valence-electron chi connectivity index (χ4n) is 7.43. The molecule has 2 aromatic carbocycles. The molecule has 7 atom stereocenters. The third kappa shape index (κ3) is 6.49. The first-order valence-corrected chi connectivity index (χ1v) is 17.6. The SMILES string of the molecule is C=C[C@H]1CN2CC[C@H]1C[C@@H]2[C@@H](NC(=S)N[C@@H]1CCCC[C@H]1NS(=O)(=O)c1ccc(C)cc1)c1ccnc2ccc(OC)cc12. The summed E-state index contributed by atoms with van der Waals surface area (Å²) in [7, 11) is -1.98. The predicted molar refractivity (Wildman–Crippen MR) is 179 cm³/mol. The lowest BCUT2D eigenvalue weighted by molar-refractivity contribution is 0.00425. The first-order valence-electron chi connectivity index (χ1n) is 15.7. The van der Waals surface area contributed by atoms with Crippen LogP contribution in [-0.2, 0) is 10.0 Å². The van der Waals surface area contributed by atoms with E-state index in [1.807, 2.05) is 37.4 Å². The summed E-state index contributed by atoms with van der Waals surface area (Å²) in [5, 5.41) is 8.85. The molecule has 3 saturated heterocycles. The molecule has 1 aliphatic carbocycles. The number of hydrogen-bond donors (Lipinski definition) is 3. The number of ether oxygens (including phenoxy) is 1. The van der Waals surface area contributed by atoms with Gasteiger partial charge < -0.3 is 15.4 Å². The van der Waals surface area contributed by atoms with E-state index in [4.69, 9.17) is 17.0 Å². The summed E-state index contributed by atoms with van der Waals surface area (Å²) >= 11 is 6.01. The molecule has 10 heteroatoms. The van der Waals surface area contributed by atoms with Gasteiger partial charge in [-0.15, -0.1) is 6.58 Å². The molecule has 8 nitrogen and oxygen atoms in total. The number of aryl methyl sites for hydroxylation is 1. The predicted octanol–water partition coefficient (Wildman–Crippen LogP) is 5.24. The van der Waals surface area contributed by atoms with Crippen molar-refractivity contribution in [2.45, 2.75) is 74.5 Å². The second kappa shape index (κ2) is 13.1. The quantitative estimate of drug-likeness (QED) is 0.218. The maximum absolute atomic E-state index is 13.3. The number of benzene rings is 2. The number of methoxy groups -OCH3 is 1. The normalized spacial score (nSPS) is 27.4. The molecule has 1 unspecified atom stereocenters. The maximum atomic E-state index is 13.3. The van der Waals surface area contributed by atoms with Crippen LogP contribution in [0.25, 0.3) is 10.9 Å². The Labute approximate surface area is 266 Å². The lowest BCUT2D eigenvalue weighted by Crippen LogP contribution is -2.59. The van der Waals surface area contributed by atoms with Gasteiger partial charge in [-0.25, -0.2) is 13.1 Å². The molecule has 1 aromatic heterocycles. The van der Waals surface area contributed by atoms with Gasteiger partial charge in [0, 0.05) is 36.3 Å². The number of aromatic nitrogens is 1. The lowest BCUT2D eigenvalue weighted by atomic mass is 9.73. The number of fused-ring (bicyclic) bond motifs is 4. The standard InChI is InChI=1S/C34H43N5O3S2/c1-4-23-21-39-18-16-24(23)19-32(39)33(27-15-17-35-29-14-11-25(42-3)20-28(27)29)37-34(43)36-30-7-5-6-8-31(30)38-44(40,41)26-12-9-22(2)10-13-26/h4,9-15,17,20,23-24,30-33,38H,1,5-8,16,18-19,21H2,2-3H3,(H2,36,37,43)/t23-,24-,30+,31+,32+,33-/m0/s1. The summed E-state index contributed by atoms with van der Waals surface area (Å²) in [5.41, 5.74) is 3.06. The van der Waals surface area contributed by atoms with Crippen molar-refractivity contribution in [3.8, 4) is 5.75 Å². The van der Waals surface area contributed by atoms with Gasteiger partial charge in [0.15, 0.2) is 5.11 Å². The van der Waals surface area contributed by atoms with Crippen LogP contribution in [0, 0.1) is 18.8 Å². The fourth-order valence-corrected chi connectivity index (χ4v) is 9.02. The molecule has 234 valence electrons. The summed E-state index contributed by atoms with van der Waals surface area (Å²) in [6.07, 6.45) is 9.79. The van der Waals surface area contributed by atoms with Crippen LogP contribution in [0.1, 0.15) is 55.7 Å². The zero-order chi connectivity index (χ0) is 30.8. The Morgan fingerprint density at radius 3 is 2.59 bits per heavy atom. The van der Waals surface area contributed by atoms with Crippen LogP contribution >= 0.6 is 12.2 Å². The molecule has 0 radical (unpaired) electrons. The zero-order valence-corrected chi connectivity index (χ0v) is 27.2. The van der Waals surface area contributed by atoms with Crippen LogP contribution in [0.3, 0.4) is 0 Å². The molecule has 0 spiro atoms. The van der Waals surface area contributed by atoms with E-state index in [1.165, 1.54) is 6.42 Å². The second-order valence-corrected chi connectivity index (χ2v) is 14.7. The number of hydrogen-bond acceptors (Lipinski definition) is 6. The van der Waals surface area contributed by atoms with Gasteiger partial charge in [-0.3, -0.25) is 9.88 Å². The smallest absolute Gasteiger partial charge is 0.240 e. The molecular weight excluding hydrogens is 591 g/mol. The Hall–Kier alpha value is -3.05. The van der Waals surface area contributed by atoms with Crippen LogP contribution in [0.2, 0.25) is 0 Å². The molecule has 3 N–H and O–H groups in total. The highest BCUT2D eigenvalue weighted by Gasteiger charge is 2.43. The Morgan fingerprint density at radius 2 is 1.89 bits per heavy atom. The highest BCUT2D eigenvalue weighted by Crippen LogP contribution is 2.42. The van der Waals surface area contributed by atoms with E-state index >= 15 is 0 Å². The molecular formula is C34H43N5O3S2. The monoisotopic (exact) mass is 633 g/mol. The Kier molecular flexibility index (Phi) is 9.23. The van der Waals surface area contributed by atoms with E-state index in [1.54, 1.807) is 19.2 Å². The van der Waals surface area contributed by atoms with E-state index in [0.717, 1.165) is 73.0 Å². The summed E-state index contributed by atoms with van der Waals surface area (Å²) in [6, 6.07) is 14.8. The molecule has 4 heterocycles. The number of thiocarbonyl (C=S) groups is 1. The van der Waals surface area contributed by atoms with E-state index in [0.29, 0.717) is 16.9 Å². The van der Waals surface area contributed by atoms with Gasteiger partial charge in [0.05, 0.1) is 23.6 Å². The van der Waals surface area contributed by atoms with Gasteiger partial charge >= 0.3 is 0 Å². The number of pyridine rings is 1. The van der Waals surface area contributed by atoms with Crippen molar-refractivity contribution in [3.05, 3.63) is 78.5 Å². The largest absolute Gasteiger partial charge is 0.497 e. The summed E-state index contributed by atoms with van der Waals surface area (Å²) in [5.74, 6) is 1.88. The first-order chi connectivity index (χ1) is 21.3. The minimum atomic E-state index is -3.66. The van der Waals surface area contributed by atoms with Gasteiger partial charge in [0.1, 0.15) is 5.75 Å². The van der Waals surface area contributed by atoms with E-state index in [2.05, 4.69) is 50.0 Å². The van der Waals surface area contributed by atoms with Crippen LogP contribution in [0.4, 0.5) is 0 Å². The van der Waals surface area contributed by atoms with Crippen molar-refractivity contribution in [2.75, 3.05) is 20.2 Å². The van der Waals surface area contributed by atoms with Crippen LogP contribution in [-0.4, -0.2) is 61.7 Å². The Balaban J connectivity index is 1.26.